The van der Waals surface area contributed by atoms with Crippen molar-refractivity contribution in [1.82, 2.24) is 89.7 Å². The Morgan fingerprint density at radius 2 is 0.500 bits per heavy atom. The molecule has 6 heterocycles. The molecule has 392 valence electrons. The van der Waals surface area contributed by atoms with Crippen molar-refractivity contribution in [2.75, 3.05) is 68.8 Å². The summed E-state index contributed by atoms with van der Waals surface area (Å²) in [6.45, 7) is 0. The van der Waals surface area contributed by atoms with Gasteiger partial charge in [-0.15, -0.1) is 0 Å². The van der Waals surface area contributed by atoms with Gasteiger partial charge in [-0.05, 0) is 36.8 Å². The van der Waals surface area contributed by atoms with Crippen LogP contribution in [0.5, 0.6) is 0 Å². The van der Waals surface area contributed by atoms with Crippen LogP contribution in [0.4, 0.5) is 71.4 Å². The lowest BCUT2D eigenvalue weighted by atomic mass is 9.51. The zero-order valence-electron chi connectivity index (χ0n) is 40.9. The molecular formula is C45H56N30O. The molecule has 0 saturated carbocycles. The van der Waals surface area contributed by atoms with E-state index in [1.807, 2.05) is 60.7 Å². The molecule has 6 aromatic heterocycles. The fraction of sp³-hybridized carbons (Fsp3) is 0.311. The molecule has 8 rings (SSSR count). The number of Topliss-reactive ketones (excluding diaryl/α,β-unsaturated/α-hetero) is 1. The maximum Gasteiger partial charge on any atom is 0.225 e. The van der Waals surface area contributed by atoms with Crippen LogP contribution in [0.1, 0.15) is 83.6 Å². The number of carbonyl (C=O) groups excluding carboxylic acids is 1. The van der Waals surface area contributed by atoms with Crippen molar-refractivity contribution < 1.29 is 4.79 Å². The van der Waals surface area contributed by atoms with Crippen LogP contribution in [0.2, 0.25) is 0 Å². The smallest absolute Gasteiger partial charge is 0.225 e. The van der Waals surface area contributed by atoms with Crippen LogP contribution >= 0.6 is 0 Å². The number of rotatable bonds is 22. The van der Waals surface area contributed by atoms with Gasteiger partial charge in [0, 0.05) is 61.2 Å². The van der Waals surface area contributed by atoms with E-state index in [-0.39, 0.29) is 176 Å². The fourth-order valence-electron chi connectivity index (χ4n) is 9.92. The predicted molar refractivity (Wildman–Crippen MR) is 281 cm³/mol. The van der Waals surface area contributed by atoms with Crippen LogP contribution < -0.4 is 68.8 Å². The highest BCUT2D eigenvalue weighted by Crippen LogP contribution is 2.57. The third kappa shape index (κ3) is 12.5. The minimum Gasteiger partial charge on any atom is -0.368 e. The standard InChI is InChI=1S/C45H56N30O/c46-32-58-25(59-33(47)70-32)11-15-44(16-12-26-60-34(48)71-35(49)61-26,23(21-7-3-1-4-8-21)19-29-66-40(54)74-41(55)67-29)31(76)45(17-13-27-62-36(50)72-37(51)63-27,18-14-28-64-38(52)73-39(53)65-28)24(22-9-5-2-6-10-22)20-30-68-42(56)75-43(57)69-30/h1-10,23-24H,11-20H2,(H4,46,47,58,59,70)(H4,48,49,60,61,71)(H4,50,51,62,63,72)(H4,52,53,64,65,73)(H4,54,55,66,67,74)(H4,56,57,68,69,75). The maximum absolute atomic E-state index is 18.2. The van der Waals surface area contributed by atoms with E-state index >= 15 is 4.79 Å². The van der Waals surface area contributed by atoms with Crippen molar-refractivity contribution in [2.45, 2.75) is 76.0 Å². The average molecular weight is 1030 g/mol. The Bertz CT molecular complexity index is 2880. The summed E-state index contributed by atoms with van der Waals surface area (Å²) in [4.78, 5) is 96.3. The monoisotopic (exact) mass is 1030 g/mol. The van der Waals surface area contributed by atoms with Crippen molar-refractivity contribution in [1.29, 1.82) is 0 Å². The second kappa shape index (κ2) is 22.3. The Kier molecular flexibility index (Phi) is 15.3. The topological polar surface area (TPSA) is 561 Å². The Labute approximate surface area is 432 Å². The van der Waals surface area contributed by atoms with E-state index in [1.54, 1.807) is 0 Å². The van der Waals surface area contributed by atoms with Crippen molar-refractivity contribution in [3.05, 3.63) is 107 Å². The Hall–Kier alpha value is -10.2. The average Bonchev–Trinajstić information content (AvgIpc) is 3.34. The second-order valence-corrected chi connectivity index (χ2v) is 17.8. The number of nitrogens with two attached hydrogens (primary N) is 12. The first-order valence-corrected chi connectivity index (χ1v) is 23.5. The highest BCUT2D eigenvalue weighted by molar-refractivity contribution is 5.92. The molecule has 0 amide bonds. The minimum absolute atomic E-state index is 0.0252. The lowest BCUT2D eigenvalue weighted by molar-refractivity contribution is -0.145. The van der Waals surface area contributed by atoms with E-state index in [1.165, 1.54) is 0 Å². The van der Waals surface area contributed by atoms with Crippen molar-refractivity contribution in [3.63, 3.8) is 0 Å². The zero-order valence-corrected chi connectivity index (χ0v) is 40.9. The number of benzene rings is 2. The minimum atomic E-state index is -1.68. The third-order valence-corrected chi connectivity index (χ3v) is 12.9. The molecule has 0 aliphatic heterocycles. The van der Waals surface area contributed by atoms with E-state index < -0.39 is 22.7 Å². The van der Waals surface area contributed by atoms with E-state index in [2.05, 4.69) is 89.7 Å². The molecular weight excluding hydrogens is 977 g/mol. The summed E-state index contributed by atoms with van der Waals surface area (Å²) < 4.78 is 0. The van der Waals surface area contributed by atoms with Crippen molar-refractivity contribution in [2.24, 2.45) is 10.8 Å². The van der Waals surface area contributed by atoms with Crippen LogP contribution in [-0.2, 0) is 43.3 Å². The molecule has 0 aliphatic rings. The molecule has 0 fully saturated rings. The summed E-state index contributed by atoms with van der Waals surface area (Å²) in [6, 6.07) is 18.6. The SMILES string of the molecule is Nc1nc(N)nc(CCC(CCc2nc(N)nc(N)n2)(C(=O)C(CCc2nc(N)nc(N)n2)(CCc2nc(N)nc(N)n2)C(Cc2nc(N)nc(N)n2)c2ccccc2)C(Cc2nc(N)nc(N)n2)c2ccccc2)n1. The molecule has 8 aromatic rings. The molecule has 24 N–H and O–H groups in total. The van der Waals surface area contributed by atoms with Gasteiger partial charge in [0.15, 0.2) is 0 Å². The number of hydrogen-bond donors (Lipinski definition) is 12. The molecule has 0 spiro atoms. The van der Waals surface area contributed by atoms with Crippen LogP contribution in [0.15, 0.2) is 60.7 Å². The maximum atomic E-state index is 18.2. The Balaban J connectivity index is 1.50. The highest BCUT2D eigenvalue weighted by atomic mass is 16.1. The van der Waals surface area contributed by atoms with Gasteiger partial charge in [-0.3, -0.25) is 4.79 Å². The second-order valence-electron chi connectivity index (χ2n) is 17.8. The Morgan fingerprint density at radius 1 is 0.303 bits per heavy atom. The summed E-state index contributed by atoms with van der Waals surface area (Å²) in [5.41, 5.74) is 72.6. The lowest BCUT2D eigenvalue weighted by Crippen LogP contribution is -2.52. The van der Waals surface area contributed by atoms with E-state index in [9.17, 15) is 0 Å². The van der Waals surface area contributed by atoms with Crippen LogP contribution in [-0.4, -0.2) is 95.5 Å². The van der Waals surface area contributed by atoms with Crippen LogP contribution in [0.3, 0.4) is 0 Å². The van der Waals surface area contributed by atoms with Gasteiger partial charge in [0.05, 0.1) is 0 Å². The third-order valence-electron chi connectivity index (χ3n) is 12.9. The van der Waals surface area contributed by atoms with Gasteiger partial charge >= 0.3 is 0 Å². The van der Waals surface area contributed by atoms with Gasteiger partial charge in [-0.25, -0.2) is 0 Å². The van der Waals surface area contributed by atoms with Gasteiger partial charge in [-0.1, -0.05) is 60.7 Å². The summed E-state index contributed by atoms with van der Waals surface area (Å²) in [7, 11) is 0. The number of aromatic nitrogens is 18. The summed E-state index contributed by atoms with van der Waals surface area (Å²) in [5.74, 6) is -2.94. The highest BCUT2D eigenvalue weighted by Gasteiger charge is 2.57. The van der Waals surface area contributed by atoms with Gasteiger partial charge in [0.2, 0.25) is 71.4 Å². The quantitative estimate of drug-likeness (QED) is 0.0396. The molecule has 2 aromatic carbocycles. The first-order valence-electron chi connectivity index (χ1n) is 23.5. The molecule has 0 saturated heterocycles. The fourth-order valence-corrected chi connectivity index (χ4v) is 9.92. The molecule has 76 heavy (non-hydrogen) atoms. The molecule has 0 bridgehead atoms. The molecule has 31 heteroatoms. The molecule has 0 radical (unpaired) electrons. The van der Waals surface area contributed by atoms with Gasteiger partial charge in [-0.2, -0.15) is 89.7 Å². The number of nitrogen functional groups attached to an aromatic ring is 12. The number of carbonyl (C=O) groups is 1. The molecule has 2 unspecified atom stereocenters. The number of hydrogen-bond acceptors (Lipinski definition) is 31. The van der Waals surface area contributed by atoms with Crippen LogP contribution in [0, 0.1) is 10.8 Å². The van der Waals surface area contributed by atoms with Crippen molar-refractivity contribution >= 4 is 77.2 Å². The number of aryl methyl sites for hydroxylation is 4. The largest absolute Gasteiger partial charge is 0.368 e. The molecule has 2 atom stereocenters. The molecule has 0 aliphatic carbocycles. The van der Waals surface area contributed by atoms with Crippen molar-refractivity contribution in [3.8, 4) is 0 Å². The van der Waals surface area contributed by atoms with Crippen LogP contribution in [0.25, 0.3) is 0 Å². The van der Waals surface area contributed by atoms with Gasteiger partial charge in [0.25, 0.3) is 0 Å². The summed E-state index contributed by atoms with van der Waals surface area (Å²) in [6.07, 6.45) is -0.429. The zero-order chi connectivity index (χ0) is 54.1. The summed E-state index contributed by atoms with van der Waals surface area (Å²) >= 11 is 0. The van der Waals surface area contributed by atoms with E-state index in [4.69, 9.17) is 68.8 Å². The Morgan fingerprint density at radius 3 is 0.711 bits per heavy atom. The summed E-state index contributed by atoms with van der Waals surface area (Å²) in [5, 5.41) is 0. The van der Waals surface area contributed by atoms with Gasteiger partial charge < -0.3 is 68.8 Å². The number of anilines is 12. The predicted octanol–water partition coefficient (Wildman–Crippen LogP) is -0.791. The number of ketones is 1. The first kappa shape index (κ1) is 52.1. The normalized spacial score (nSPS) is 12.5. The molecule has 31 nitrogen and oxygen atoms in total. The number of nitrogens with zero attached hydrogens (tertiary/aromatic N) is 18. The lowest BCUT2D eigenvalue weighted by Gasteiger charge is -2.50. The first-order chi connectivity index (χ1) is 36.3. The van der Waals surface area contributed by atoms with E-state index in [0.717, 1.165) is 0 Å². The van der Waals surface area contributed by atoms with E-state index in [0.29, 0.717) is 11.1 Å². The van der Waals surface area contributed by atoms with Gasteiger partial charge in [0.1, 0.15) is 40.7 Å².